The van der Waals surface area contributed by atoms with E-state index in [9.17, 15) is 13.9 Å². The Balaban J connectivity index is 1.41. The fourth-order valence-corrected chi connectivity index (χ4v) is 4.16. The van der Waals surface area contributed by atoms with E-state index in [-0.39, 0.29) is 18.5 Å². The first-order valence-corrected chi connectivity index (χ1v) is 12.0. The van der Waals surface area contributed by atoms with Crippen molar-refractivity contribution in [2.75, 3.05) is 24.6 Å². The number of aromatic nitrogens is 5. The molecule has 9 nitrogen and oxygen atoms in total. The lowest BCUT2D eigenvalue weighted by Gasteiger charge is -2.33. The van der Waals surface area contributed by atoms with Crippen LogP contribution in [0.25, 0.3) is 22.3 Å². The van der Waals surface area contributed by atoms with Crippen LogP contribution in [-0.2, 0) is 7.05 Å². The number of hydrogen-bond acceptors (Lipinski definition) is 8. The van der Waals surface area contributed by atoms with Gasteiger partial charge in [0.2, 0.25) is 5.88 Å². The fraction of sp³-hybridized carbons (Fsp3) is 0.385. The molecule has 4 heterocycles. The monoisotopic (exact) mass is 510 g/mol. The van der Waals surface area contributed by atoms with Crippen LogP contribution in [0.4, 0.5) is 14.6 Å². The maximum atomic E-state index is 14.1. The van der Waals surface area contributed by atoms with Crippen LogP contribution in [0.5, 0.6) is 11.6 Å². The zero-order valence-electron chi connectivity index (χ0n) is 20.9. The average Bonchev–Trinajstić information content (AvgIpc) is 3.29. The summed E-state index contributed by atoms with van der Waals surface area (Å²) in [6, 6.07) is 5.03. The molecule has 0 spiro atoms. The summed E-state index contributed by atoms with van der Waals surface area (Å²) in [5.41, 5.74) is 1.71. The Kier molecular flexibility index (Phi) is 6.63. The molecule has 1 aromatic carbocycles. The van der Waals surface area contributed by atoms with Crippen molar-refractivity contribution < 1.29 is 23.4 Å². The number of fused-ring (bicyclic) bond motifs is 1. The zero-order chi connectivity index (χ0) is 26.2. The molecule has 0 aliphatic carbocycles. The second-order valence-electron chi connectivity index (χ2n) is 9.79. The molecule has 1 saturated heterocycles. The van der Waals surface area contributed by atoms with Crippen molar-refractivity contribution in [1.82, 2.24) is 24.7 Å². The Morgan fingerprint density at radius 3 is 2.54 bits per heavy atom. The third-order valence-corrected chi connectivity index (χ3v) is 5.99. The molecule has 1 aliphatic heterocycles. The largest absolute Gasteiger partial charge is 0.487 e. The topological polar surface area (TPSA) is 98.4 Å². The van der Waals surface area contributed by atoms with Crippen molar-refractivity contribution in [2.24, 2.45) is 7.05 Å². The lowest BCUT2D eigenvalue weighted by atomic mass is 10.1. The van der Waals surface area contributed by atoms with E-state index in [2.05, 4.69) is 15.0 Å². The minimum atomic E-state index is -0.999. The molecular formula is C26H28F2N6O3. The second-order valence-corrected chi connectivity index (χ2v) is 9.79. The fourth-order valence-electron chi connectivity index (χ4n) is 4.16. The molecule has 0 bridgehead atoms. The summed E-state index contributed by atoms with van der Waals surface area (Å²) in [7, 11) is 1.84. The van der Waals surface area contributed by atoms with Gasteiger partial charge < -0.3 is 19.5 Å². The highest BCUT2D eigenvalue weighted by molar-refractivity contribution is 5.83. The molecule has 4 aromatic rings. The van der Waals surface area contributed by atoms with Gasteiger partial charge in [-0.1, -0.05) is 0 Å². The molecule has 0 saturated carbocycles. The number of ether oxygens (including phenoxy) is 2. The number of hydrogen-bond donors (Lipinski definition) is 1. The number of pyridine rings is 1. The van der Waals surface area contributed by atoms with Crippen molar-refractivity contribution in [3.8, 4) is 22.9 Å². The molecule has 1 aliphatic rings. The molecule has 1 N–H and O–H groups in total. The molecule has 5 rings (SSSR count). The summed E-state index contributed by atoms with van der Waals surface area (Å²) in [6.45, 7) is 4.61. The van der Waals surface area contributed by atoms with Crippen LogP contribution in [-0.4, -0.2) is 61.2 Å². The minimum absolute atomic E-state index is 0.0486. The number of aliphatic hydroxyl groups is 1. The number of rotatable bonds is 7. The van der Waals surface area contributed by atoms with E-state index in [1.54, 1.807) is 37.0 Å². The van der Waals surface area contributed by atoms with Gasteiger partial charge in [-0.05, 0) is 26.0 Å². The zero-order valence-corrected chi connectivity index (χ0v) is 20.9. The van der Waals surface area contributed by atoms with Gasteiger partial charge in [0.05, 0.1) is 23.5 Å². The van der Waals surface area contributed by atoms with Gasteiger partial charge in [-0.3, -0.25) is 4.68 Å². The van der Waals surface area contributed by atoms with Gasteiger partial charge in [0.15, 0.2) is 17.4 Å². The van der Waals surface area contributed by atoms with Crippen LogP contribution in [0.3, 0.4) is 0 Å². The third kappa shape index (κ3) is 5.77. The van der Waals surface area contributed by atoms with E-state index in [0.717, 1.165) is 11.6 Å². The predicted molar refractivity (Wildman–Crippen MR) is 134 cm³/mol. The minimum Gasteiger partial charge on any atom is -0.487 e. The Morgan fingerprint density at radius 2 is 1.86 bits per heavy atom. The van der Waals surface area contributed by atoms with E-state index in [0.29, 0.717) is 54.4 Å². The van der Waals surface area contributed by atoms with E-state index >= 15 is 0 Å². The highest BCUT2D eigenvalue weighted by Gasteiger charge is 2.26. The Bertz CT molecular complexity index is 1410. The maximum absolute atomic E-state index is 14.1. The Morgan fingerprint density at radius 1 is 1.08 bits per heavy atom. The highest BCUT2D eigenvalue weighted by atomic mass is 19.1. The first kappa shape index (κ1) is 24.8. The van der Waals surface area contributed by atoms with Crippen LogP contribution in [0.1, 0.15) is 26.7 Å². The molecule has 3 aromatic heterocycles. The molecule has 1 fully saturated rings. The lowest BCUT2D eigenvalue weighted by molar-refractivity contribution is 0.0269. The van der Waals surface area contributed by atoms with Gasteiger partial charge in [0.25, 0.3) is 0 Å². The quantitative estimate of drug-likeness (QED) is 0.400. The summed E-state index contributed by atoms with van der Waals surface area (Å²) in [5.74, 6) is -0.268. The summed E-state index contributed by atoms with van der Waals surface area (Å²) in [6.07, 6.45) is 6.25. The molecule has 37 heavy (non-hydrogen) atoms. The van der Waals surface area contributed by atoms with E-state index in [4.69, 9.17) is 19.4 Å². The van der Waals surface area contributed by atoms with Crippen molar-refractivity contribution in [2.45, 2.75) is 38.4 Å². The van der Waals surface area contributed by atoms with Gasteiger partial charge in [0, 0.05) is 56.9 Å². The summed E-state index contributed by atoms with van der Waals surface area (Å²) >= 11 is 0. The molecule has 0 radical (unpaired) electrons. The summed E-state index contributed by atoms with van der Waals surface area (Å²) in [5, 5.41) is 14.3. The normalized spacial score (nSPS) is 14.8. The van der Waals surface area contributed by atoms with Gasteiger partial charge in [-0.15, -0.1) is 0 Å². The molecule has 0 amide bonds. The smallest absolute Gasteiger partial charge is 0.215 e. The molecule has 11 heteroatoms. The standard InChI is InChI=1S/C26H28F2N6O3/c1-26(2,35)15-36-23-11-20-21(13-29-23)31-24(16-12-30-33(3)14-16)25(32-20)34-8-6-18(7-9-34)37-22-5-4-17(27)10-19(22)28/h4-5,10-14,18,35H,6-9,15H2,1-3H3. The van der Waals surface area contributed by atoms with Crippen LogP contribution in [0, 0.1) is 11.6 Å². The maximum Gasteiger partial charge on any atom is 0.215 e. The molecular weight excluding hydrogens is 482 g/mol. The van der Waals surface area contributed by atoms with E-state index < -0.39 is 17.2 Å². The number of piperidine rings is 1. The lowest BCUT2D eigenvalue weighted by Crippen LogP contribution is -2.39. The average molecular weight is 511 g/mol. The van der Waals surface area contributed by atoms with E-state index in [1.165, 1.54) is 12.1 Å². The molecule has 0 unspecified atom stereocenters. The first-order chi connectivity index (χ1) is 17.6. The van der Waals surface area contributed by atoms with Gasteiger partial charge in [-0.25, -0.2) is 23.7 Å². The van der Waals surface area contributed by atoms with Crippen molar-refractivity contribution in [1.29, 1.82) is 0 Å². The van der Waals surface area contributed by atoms with Crippen molar-refractivity contribution >= 4 is 16.9 Å². The van der Waals surface area contributed by atoms with Crippen molar-refractivity contribution in [3.63, 3.8) is 0 Å². The number of aryl methyl sites for hydroxylation is 1. The van der Waals surface area contributed by atoms with Gasteiger partial charge in [0.1, 0.15) is 29.7 Å². The number of halogens is 2. The molecule has 194 valence electrons. The SMILES string of the molecule is Cn1cc(-c2nc3cnc(OCC(C)(C)O)cc3nc2N2CCC(Oc3ccc(F)cc3F)CC2)cn1. The third-order valence-electron chi connectivity index (χ3n) is 5.99. The Labute approximate surface area is 212 Å². The number of nitrogens with zero attached hydrogens (tertiary/aromatic N) is 6. The number of benzene rings is 1. The summed E-state index contributed by atoms with van der Waals surface area (Å²) < 4.78 is 40.5. The van der Waals surface area contributed by atoms with Crippen LogP contribution in [0.2, 0.25) is 0 Å². The molecule has 0 atom stereocenters. The first-order valence-electron chi connectivity index (χ1n) is 12.0. The van der Waals surface area contributed by atoms with Gasteiger partial charge >= 0.3 is 0 Å². The van der Waals surface area contributed by atoms with Crippen LogP contribution >= 0.6 is 0 Å². The second kappa shape index (κ2) is 9.89. The highest BCUT2D eigenvalue weighted by Crippen LogP contribution is 2.32. The predicted octanol–water partition coefficient (Wildman–Crippen LogP) is 3.90. The summed E-state index contributed by atoms with van der Waals surface area (Å²) in [4.78, 5) is 16.2. The number of anilines is 1. The van der Waals surface area contributed by atoms with E-state index in [1.807, 2.05) is 13.2 Å². The van der Waals surface area contributed by atoms with Crippen molar-refractivity contribution in [3.05, 3.63) is 54.5 Å². The van der Waals surface area contributed by atoms with Crippen LogP contribution < -0.4 is 14.4 Å². The van der Waals surface area contributed by atoms with Crippen LogP contribution in [0.15, 0.2) is 42.9 Å². The van der Waals surface area contributed by atoms with Gasteiger partial charge in [-0.2, -0.15) is 5.10 Å². The Hall–Kier alpha value is -3.86.